The van der Waals surface area contributed by atoms with E-state index in [0.717, 1.165) is 24.2 Å². The summed E-state index contributed by atoms with van der Waals surface area (Å²) in [5.41, 5.74) is 7.92. The molecule has 0 bridgehead atoms. The number of rotatable bonds is 8. The number of benzene rings is 2. The van der Waals surface area contributed by atoms with Crippen LogP contribution in [0.2, 0.25) is 0 Å². The van der Waals surface area contributed by atoms with Crippen molar-refractivity contribution in [1.82, 2.24) is 14.9 Å². The number of nitrogens with two attached hydrogens (primary N) is 1. The van der Waals surface area contributed by atoms with Gasteiger partial charge in [0.15, 0.2) is 0 Å². The van der Waals surface area contributed by atoms with Gasteiger partial charge in [-0.1, -0.05) is 30.3 Å². The number of aliphatic carboxylic acids is 1. The zero-order valence-electron chi connectivity index (χ0n) is 22.0. The number of carbonyl (C=O) groups excluding carboxylic acids is 1. The predicted octanol–water partition coefficient (Wildman–Crippen LogP) is 2.44. The van der Waals surface area contributed by atoms with E-state index in [4.69, 9.17) is 10.7 Å². The Bertz CT molecular complexity index is 1710. The van der Waals surface area contributed by atoms with Crippen LogP contribution in [0.4, 0.5) is 5.95 Å². The summed E-state index contributed by atoms with van der Waals surface area (Å²) < 4.78 is 1.76. The maximum atomic E-state index is 13.9. The number of nitriles is 1. The Labute approximate surface area is 239 Å². The topological polar surface area (TPSA) is 175 Å². The summed E-state index contributed by atoms with van der Waals surface area (Å²) in [6.07, 6.45) is 1.70. The van der Waals surface area contributed by atoms with Crippen LogP contribution < -0.4 is 21.5 Å². The van der Waals surface area contributed by atoms with Gasteiger partial charge in [0.2, 0.25) is 5.95 Å². The fraction of sp³-hybridized carbons (Fsp3) is 0.276. The molecule has 0 saturated carbocycles. The highest BCUT2D eigenvalue weighted by Crippen LogP contribution is 2.26. The first kappa shape index (κ1) is 27.8. The van der Waals surface area contributed by atoms with E-state index in [0.29, 0.717) is 41.2 Å². The van der Waals surface area contributed by atoms with Gasteiger partial charge in [0.1, 0.15) is 16.5 Å². The molecule has 210 valence electrons. The molecule has 2 aromatic carbocycles. The third kappa shape index (κ3) is 6.06. The van der Waals surface area contributed by atoms with Gasteiger partial charge in [-0.25, -0.2) is 9.78 Å². The second kappa shape index (κ2) is 11.8. The number of phenolic OH excluding ortho intramolecular Hbond substituents is 1. The van der Waals surface area contributed by atoms with E-state index >= 15 is 0 Å². The minimum Gasteiger partial charge on any atom is -0.508 e. The van der Waals surface area contributed by atoms with E-state index in [9.17, 15) is 29.9 Å². The number of nitrogens with zero attached hydrogens (tertiary/aromatic N) is 4. The molecule has 3 heterocycles. The highest BCUT2D eigenvalue weighted by molar-refractivity contribution is 7.20. The van der Waals surface area contributed by atoms with Crippen molar-refractivity contribution in [3.8, 4) is 11.8 Å². The van der Waals surface area contributed by atoms with Crippen molar-refractivity contribution < 1.29 is 19.8 Å². The molecule has 1 fully saturated rings. The van der Waals surface area contributed by atoms with Crippen molar-refractivity contribution in [2.75, 3.05) is 18.0 Å². The first-order valence-corrected chi connectivity index (χ1v) is 13.9. The molecule has 0 aliphatic carbocycles. The van der Waals surface area contributed by atoms with Crippen LogP contribution in [0.1, 0.15) is 39.2 Å². The normalized spacial score (nSPS) is 15.8. The lowest BCUT2D eigenvalue weighted by atomic mass is 10.1. The number of amides is 1. The molecule has 5 N–H and O–H groups in total. The van der Waals surface area contributed by atoms with Gasteiger partial charge in [-0.05, 0) is 48.2 Å². The summed E-state index contributed by atoms with van der Waals surface area (Å²) in [5.74, 6) is -1.39. The molecule has 1 unspecified atom stereocenters. The van der Waals surface area contributed by atoms with Gasteiger partial charge in [0.25, 0.3) is 11.5 Å². The summed E-state index contributed by atoms with van der Waals surface area (Å²) >= 11 is 0.942. The molecule has 1 aliphatic heterocycles. The number of anilines is 1. The lowest BCUT2D eigenvalue weighted by molar-refractivity contribution is -0.139. The molecule has 12 heteroatoms. The number of carboxylic acids is 1. The van der Waals surface area contributed by atoms with Crippen LogP contribution in [0.3, 0.4) is 0 Å². The second-order valence-electron chi connectivity index (χ2n) is 9.98. The largest absolute Gasteiger partial charge is 0.508 e. The number of aromatic hydroxyl groups is 1. The van der Waals surface area contributed by atoms with Gasteiger partial charge < -0.3 is 26.2 Å². The molecule has 2 atom stereocenters. The molecule has 1 amide bonds. The van der Waals surface area contributed by atoms with Crippen LogP contribution in [0.25, 0.3) is 10.2 Å². The van der Waals surface area contributed by atoms with Gasteiger partial charge in [0, 0.05) is 25.6 Å². The molecular weight excluding hydrogens is 544 g/mol. The maximum Gasteiger partial charge on any atom is 0.326 e. The molecular formula is C29H28N6O5S. The number of carboxylic acid groups (broad SMARTS) is 1. The predicted molar refractivity (Wildman–Crippen MR) is 154 cm³/mol. The van der Waals surface area contributed by atoms with E-state index in [1.54, 1.807) is 36.4 Å². The summed E-state index contributed by atoms with van der Waals surface area (Å²) in [6, 6.07) is 15.4. The number of piperidine rings is 1. The Kier molecular flexibility index (Phi) is 8.00. The first-order chi connectivity index (χ1) is 19.7. The van der Waals surface area contributed by atoms with Gasteiger partial charge >= 0.3 is 5.97 Å². The highest BCUT2D eigenvalue weighted by atomic mass is 32.1. The molecule has 0 radical (unpaired) electrons. The Balaban J connectivity index is 1.51. The number of hydrogen-bond donors (Lipinski definition) is 4. The summed E-state index contributed by atoms with van der Waals surface area (Å²) in [7, 11) is 0. The van der Waals surface area contributed by atoms with E-state index in [1.165, 1.54) is 22.8 Å². The van der Waals surface area contributed by atoms with Crippen molar-refractivity contribution in [1.29, 1.82) is 5.26 Å². The monoisotopic (exact) mass is 572 g/mol. The van der Waals surface area contributed by atoms with Crippen LogP contribution in [0.5, 0.6) is 5.75 Å². The Hall–Kier alpha value is -4.73. The van der Waals surface area contributed by atoms with Crippen LogP contribution in [0.15, 0.2) is 59.4 Å². The SMILES string of the molecule is N#Cc1ccccc1Cn1c(N2CCC[C@@H](N)C2)nc2cc(C(=O)NC(Cc3ccc(O)cc3)C(=O)O)sc2c1=O. The fourth-order valence-electron chi connectivity index (χ4n) is 4.92. The van der Waals surface area contributed by atoms with Crippen molar-refractivity contribution in [3.63, 3.8) is 0 Å². The van der Waals surface area contributed by atoms with E-state index in [2.05, 4.69) is 11.4 Å². The lowest BCUT2D eigenvalue weighted by Crippen LogP contribution is -2.45. The standard InChI is InChI=1S/C29H28N6O5S/c30-14-18-4-1-2-5-19(18)15-35-27(38)25-22(33-29(35)34-11-3-6-20(31)16-34)13-24(41-25)26(37)32-23(28(39)40)12-17-7-9-21(36)10-8-17/h1-2,4-5,7-10,13,20,23,36H,3,6,11-12,15-16,31H2,(H,32,37)(H,39,40)/t20-,23?/m1/s1. The minimum absolute atomic E-state index is 0.00890. The van der Waals surface area contributed by atoms with Crippen LogP contribution in [0, 0.1) is 11.3 Å². The molecule has 2 aromatic heterocycles. The molecule has 41 heavy (non-hydrogen) atoms. The number of aromatic nitrogens is 2. The summed E-state index contributed by atoms with van der Waals surface area (Å²) in [6.45, 7) is 1.27. The maximum absolute atomic E-state index is 13.9. The third-order valence-corrected chi connectivity index (χ3v) is 8.14. The number of carbonyl (C=O) groups is 2. The number of thiophene rings is 1. The molecule has 0 spiro atoms. The molecule has 1 aliphatic rings. The van der Waals surface area contributed by atoms with Crippen LogP contribution >= 0.6 is 11.3 Å². The average Bonchev–Trinajstić information content (AvgIpc) is 3.40. The lowest BCUT2D eigenvalue weighted by Gasteiger charge is -2.33. The fourth-order valence-corrected chi connectivity index (χ4v) is 5.87. The van der Waals surface area contributed by atoms with E-state index in [-0.39, 0.29) is 39.9 Å². The highest BCUT2D eigenvalue weighted by Gasteiger charge is 2.26. The van der Waals surface area contributed by atoms with Crippen molar-refractivity contribution >= 4 is 39.4 Å². The number of hydrogen-bond acceptors (Lipinski definition) is 9. The minimum atomic E-state index is -1.23. The van der Waals surface area contributed by atoms with E-state index < -0.39 is 17.9 Å². The van der Waals surface area contributed by atoms with Crippen LogP contribution in [-0.2, 0) is 17.8 Å². The molecule has 5 rings (SSSR count). The summed E-state index contributed by atoms with van der Waals surface area (Å²) in [4.78, 5) is 45.8. The Morgan fingerprint density at radius 3 is 2.68 bits per heavy atom. The number of fused-ring (bicyclic) bond motifs is 1. The Morgan fingerprint density at radius 1 is 1.22 bits per heavy atom. The molecule has 11 nitrogen and oxygen atoms in total. The van der Waals surface area contributed by atoms with E-state index in [1.807, 2.05) is 4.90 Å². The zero-order valence-corrected chi connectivity index (χ0v) is 22.8. The average molecular weight is 573 g/mol. The first-order valence-electron chi connectivity index (χ1n) is 13.1. The summed E-state index contributed by atoms with van der Waals surface area (Å²) in [5, 5.41) is 31.3. The van der Waals surface area contributed by atoms with Gasteiger partial charge in [0.05, 0.1) is 28.6 Å². The number of nitrogens with one attached hydrogen (secondary N) is 1. The molecule has 1 saturated heterocycles. The van der Waals surface area contributed by atoms with Gasteiger partial charge in [-0.15, -0.1) is 11.3 Å². The smallest absolute Gasteiger partial charge is 0.326 e. The zero-order chi connectivity index (χ0) is 29.1. The molecule has 4 aromatic rings. The third-order valence-electron chi connectivity index (χ3n) is 7.02. The van der Waals surface area contributed by atoms with Crippen molar-refractivity contribution in [2.24, 2.45) is 5.73 Å². The van der Waals surface area contributed by atoms with Crippen LogP contribution in [-0.4, -0.2) is 56.8 Å². The van der Waals surface area contributed by atoms with Gasteiger partial charge in [-0.2, -0.15) is 5.26 Å². The van der Waals surface area contributed by atoms with Crippen molar-refractivity contribution in [3.05, 3.63) is 86.5 Å². The van der Waals surface area contributed by atoms with Gasteiger partial charge in [-0.3, -0.25) is 14.2 Å². The quantitative estimate of drug-likeness (QED) is 0.247. The number of phenols is 1. The van der Waals surface area contributed by atoms with Crippen molar-refractivity contribution in [2.45, 2.75) is 37.9 Å². The Morgan fingerprint density at radius 2 is 1.98 bits per heavy atom. The second-order valence-corrected chi connectivity index (χ2v) is 11.0.